The van der Waals surface area contributed by atoms with E-state index in [1.54, 1.807) is 48.2 Å². The van der Waals surface area contributed by atoms with Gasteiger partial charge in [-0.2, -0.15) is 0 Å². The molecule has 3 aromatic rings. The molecule has 7 nitrogen and oxygen atoms in total. The lowest BCUT2D eigenvalue weighted by molar-refractivity contribution is -0.131. The first-order chi connectivity index (χ1) is 15.3. The molecule has 0 aliphatic heterocycles. The second-order valence-electron chi connectivity index (χ2n) is 8.42. The Balaban J connectivity index is 1.61. The third-order valence-electron chi connectivity index (χ3n) is 5.93. The molecule has 2 aromatic heterocycles. The lowest BCUT2D eigenvalue weighted by Gasteiger charge is -2.29. The average Bonchev–Trinajstić information content (AvgIpc) is 3.63. The maximum absolute atomic E-state index is 13.6. The fraction of sp³-hybridized carbons (Fsp3) is 0.333. The largest absolute Gasteiger partial charge is 0.382 e. The number of nitrogens with two attached hydrogens (primary N) is 1. The molecule has 0 spiro atoms. The van der Waals surface area contributed by atoms with Gasteiger partial charge < -0.3 is 15.5 Å². The average molecular weight is 436 g/mol. The first kappa shape index (κ1) is 21.7. The van der Waals surface area contributed by atoms with Gasteiger partial charge in [0.2, 0.25) is 5.91 Å². The van der Waals surface area contributed by atoms with Gasteiger partial charge in [0.1, 0.15) is 17.2 Å². The molecule has 8 heteroatoms. The van der Waals surface area contributed by atoms with E-state index in [1.807, 2.05) is 6.92 Å². The third-order valence-corrected chi connectivity index (χ3v) is 5.93. The Morgan fingerprint density at radius 3 is 2.66 bits per heavy atom. The van der Waals surface area contributed by atoms with E-state index in [2.05, 4.69) is 9.97 Å². The van der Waals surface area contributed by atoms with Gasteiger partial charge in [0.25, 0.3) is 5.91 Å². The van der Waals surface area contributed by atoms with Crippen LogP contribution in [0.4, 0.5) is 10.2 Å². The number of rotatable bonds is 6. The normalized spacial score (nSPS) is 14.2. The standard InChI is InChI=1S/C24H26FN5O2/c1-14(13-29(2)23(31)15-7-8-15)30(3)24(32)19-12-27-22(26)21-18(19)9-10-20(28-21)16-5-4-6-17(25)11-16/h4-6,9-12,14-15H,7-8,13H2,1-3H3,(H2,26,27). The molecule has 0 saturated heterocycles. The summed E-state index contributed by atoms with van der Waals surface area (Å²) in [5.41, 5.74) is 7.96. The van der Waals surface area contributed by atoms with E-state index in [-0.39, 0.29) is 35.4 Å². The Labute approximate surface area is 186 Å². The van der Waals surface area contributed by atoms with E-state index in [0.717, 1.165) is 12.8 Å². The highest BCUT2D eigenvalue weighted by molar-refractivity contribution is 6.08. The number of carbonyl (C=O) groups excluding carboxylic acids is 2. The summed E-state index contributed by atoms with van der Waals surface area (Å²) in [5.74, 6) is -0.133. The van der Waals surface area contributed by atoms with Crippen LogP contribution in [0, 0.1) is 11.7 Å². The molecule has 2 heterocycles. The van der Waals surface area contributed by atoms with Crippen LogP contribution in [0.15, 0.2) is 42.6 Å². The summed E-state index contributed by atoms with van der Waals surface area (Å²) in [6.07, 6.45) is 3.34. The molecular formula is C24H26FN5O2. The van der Waals surface area contributed by atoms with Gasteiger partial charge in [0.15, 0.2) is 0 Å². The number of anilines is 1. The Kier molecular flexibility index (Phi) is 5.78. The number of nitrogens with zero attached hydrogens (tertiary/aromatic N) is 4. The summed E-state index contributed by atoms with van der Waals surface area (Å²) in [6.45, 7) is 2.35. The summed E-state index contributed by atoms with van der Waals surface area (Å²) in [6, 6.07) is 9.42. The maximum Gasteiger partial charge on any atom is 0.256 e. The van der Waals surface area contributed by atoms with Gasteiger partial charge in [-0.1, -0.05) is 12.1 Å². The van der Waals surface area contributed by atoms with E-state index in [0.29, 0.717) is 34.3 Å². The summed E-state index contributed by atoms with van der Waals surface area (Å²) in [5, 5.41) is 0.573. The summed E-state index contributed by atoms with van der Waals surface area (Å²) in [4.78, 5) is 37.5. The number of likely N-dealkylation sites (N-methyl/N-ethyl adjacent to an activating group) is 2. The Hall–Kier alpha value is -3.55. The molecule has 32 heavy (non-hydrogen) atoms. The highest BCUT2D eigenvalue weighted by Crippen LogP contribution is 2.31. The van der Waals surface area contributed by atoms with Crippen molar-refractivity contribution in [3.05, 3.63) is 54.0 Å². The molecule has 166 valence electrons. The van der Waals surface area contributed by atoms with Gasteiger partial charge in [-0.15, -0.1) is 0 Å². The number of carbonyl (C=O) groups is 2. The zero-order valence-electron chi connectivity index (χ0n) is 18.4. The highest BCUT2D eigenvalue weighted by atomic mass is 19.1. The highest BCUT2D eigenvalue weighted by Gasteiger charge is 2.33. The summed E-state index contributed by atoms with van der Waals surface area (Å²) >= 11 is 0. The van der Waals surface area contributed by atoms with E-state index in [4.69, 9.17) is 5.73 Å². The van der Waals surface area contributed by atoms with Crippen LogP contribution in [0.1, 0.15) is 30.1 Å². The van der Waals surface area contributed by atoms with E-state index >= 15 is 0 Å². The van der Waals surface area contributed by atoms with Crippen LogP contribution in [0.5, 0.6) is 0 Å². The van der Waals surface area contributed by atoms with Crippen molar-refractivity contribution in [2.45, 2.75) is 25.8 Å². The predicted octanol–water partition coefficient (Wildman–Crippen LogP) is 3.35. The number of pyridine rings is 2. The first-order valence-corrected chi connectivity index (χ1v) is 10.6. The summed E-state index contributed by atoms with van der Waals surface area (Å²) in [7, 11) is 3.48. The molecule has 1 fully saturated rings. The van der Waals surface area contributed by atoms with Crippen molar-refractivity contribution in [3.8, 4) is 11.3 Å². The summed E-state index contributed by atoms with van der Waals surface area (Å²) < 4.78 is 13.6. The van der Waals surface area contributed by atoms with Gasteiger partial charge in [0.05, 0.1) is 11.3 Å². The van der Waals surface area contributed by atoms with Crippen LogP contribution >= 0.6 is 0 Å². The molecule has 1 unspecified atom stereocenters. The van der Waals surface area contributed by atoms with Gasteiger partial charge >= 0.3 is 0 Å². The molecule has 1 aliphatic carbocycles. The minimum Gasteiger partial charge on any atom is -0.382 e. The number of nitrogen functional groups attached to an aromatic ring is 1. The minimum absolute atomic E-state index is 0.131. The monoisotopic (exact) mass is 435 g/mol. The van der Waals surface area contributed by atoms with Crippen LogP contribution in [0.2, 0.25) is 0 Å². The first-order valence-electron chi connectivity index (χ1n) is 10.6. The van der Waals surface area contributed by atoms with Gasteiger partial charge in [-0.3, -0.25) is 9.59 Å². The van der Waals surface area contributed by atoms with Crippen molar-refractivity contribution in [1.29, 1.82) is 0 Å². The lowest BCUT2D eigenvalue weighted by Crippen LogP contribution is -2.44. The Morgan fingerprint density at radius 1 is 1.22 bits per heavy atom. The molecule has 1 aliphatic rings. The van der Waals surface area contributed by atoms with E-state index in [9.17, 15) is 14.0 Å². The number of hydrogen-bond acceptors (Lipinski definition) is 5. The number of halogens is 1. The zero-order chi connectivity index (χ0) is 23.0. The Bertz CT molecular complexity index is 1190. The molecule has 2 N–H and O–H groups in total. The molecule has 1 aromatic carbocycles. The van der Waals surface area contributed by atoms with Gasteiger partial charge in [-0.05, 0) is 44.0 Å². The van der Waals surface area contributed by atoms with Crippen molar-refractivity contribution in [1.82, 2.24) is 19.8 Å². The number of hydrogen-bond donors (Lipinski definition) is 1. The Morgan fingerprint density at radius 2 is 1.97 bits per heavy atom. The smallest absolute Gasteiger partial charge is 0.256 e. The fourth-order valence-corrected chi connectivity index (χ4v) is 3.76. The molecule has 0 radical (unpaired) electrons. The number of benzene rings is 1. The second-order valence-corrected chi connectivity index (χ2v) is 8.42. The number of fused-ring (bicyclic) bond motifs is 1. The number of amides is 2. The van der Waals surface area contributed by atoms with Gasteiger partial charge in [0, 0.05) is 49.7 Å². The number of aromatic nitrogens is 2. The molecule has 4 rings (SSSR count). The quantitative estimate of drug-likeness (QED) is 0.641. The van der Waals surface area contributed by atoms with Crippen molar-refractivity contribution >= 4 is 28.5 Å². The van der Waals surface area contributed by atoms with E-state index in [1.165, 1.54) is 18.3 Å². The van der Waals surface area contributed by atoms with Crippen LogP contribution in [0.3, 0.4) is 0 Å². The van der Waals surface area contributed by atoms with Crippen LogP contribution in [-0.4, -0.2) is 58.3 Å². The third kappa shape index (κ3) is 4.26. The predicted molar refractivity (Wildman–Crippen MR) is 121 cm³/mol. The maximum atomic E-state index is 13.6. The van der Waals surface area contributed by atoms with Crippen LogP contribution in [-0.2, 0) is 4.79 Å². The molecule has 1 atom stereocenters. The van der Waals surface area contributed by atoms with Crippen LogP contribution < -0.4 is 5.73 Å². The minimum atomic E-state index is -0.361. The van der Waals surface area contributed by atoms with Crippen LogP contribution in [0.25, 0.3) is 22.2 Å². The topological polar surface area (TPSA) is 92.4 Å². The molecule has 1 saturated carbocycles. The van der Waals surface area contributed by atoms with Crippen molar-refractivity contribution in [2.75, 3.05) is 26.4 Å². The molecular weight excluding hydrogens is 409 g/mol. The lowest BCUT2D eigenvalue weighted by atomic mass is 10.1. The van der Waals surface area contributed by atoms with Crippen molar-refractivity contribution < 1.29 is 14.0 Å². The van der Waals surface area contributed by atoms with Gasteiger partial charge in [-0.25, -0.2) is 14.4 Å². The second kappa shape index (κ2) is 8.53. The van der Waals surface area contributed by atoms with Crippen molar-refractivity contribution in [3.63, 3.8) is 0 Å². The van der Waals surface area contributed by atoms with Crippen molar-refractivity contribution in [2.24, 2.45) is 5.92 Å². The SMILES string of the molecule is CC(CN(C)C(=O)C1CC1)N(C)C(=O)c1cnc(N)c2nc(-c3cccc(F)c3)ccc12. The van der Waals surface area contributed by atoms with E-state index < -0.39 is 0 Å². The fourth-order valence-electron chi connectivity index (χ4n) is 3.76. The molecule has 0 bridgehead atoms. The molecule has 2 amide bonds. The zero-order valence-corrected chi connectivity index (χ0v) is 18.4.